The van der Waals surface area contributed by atoms with Crippen molar-refractivity contribution < 1.29 is 14.5 Å². The van der Waals surface area contributed by atoms with Gasteiger partial charge in [-0.3, -0.25) is 19.7 Å². The summed E-state index contributed by atoms with van der Waals surface area (Å²) in [5.74, 6) is -1.36. The van der Waals surface area contributed by atoms with Gasteiger partial charge in [-0.2, -0.15) is 0 Å². The van der Waals surface area contributed by atoms with Crippen LogP contribution < -0.4 is 11.1 Å². The van der Waals surface area contributed by atoms with E-state index in [-0.39, 0.29) is 22.5 Å². The number of thioether (sulfide) groups is 1. The molecule has 3 N–H and O–H groups in total. The molecule has 0 atom stereocenters. The maximum atomic E-state index is 12.5. The number of primary amides is 1. The van der Waals surface area contributed by atoms with E-state index < -0.39 is 16.7 Å². The third-order valence-electron chi connectivity index (χ3n) is 3.41. The molecule has 0 saturated heterocycles. The van der Waals surface area contributed by atoms with Crippen molar-refractivity contribution in [2.75, 3.05) is 11.6 Å². The molecule has 0 aliphatic rings. The van der Waals surface area contributed by atoms with Gasteiger partial charge in [0, 0.05) is 11.0 Å². The molecule has 0 aromatic heterocycles. The fraction of sp³-hybridized carbons (Fsp3) is 0.125. The highest BCUT2D eigenvalue weighted by molar-refractivity contribution is 7.98. The molecule has 0 unspecified atom stereocenters. The van der Waals surface area contributed by atoms with Gasteiger partial charge in [0.05, 0.1) is 16.2 Å². The summed E-state index contributed by atoms with van der Waals surface area (Å²) in [5.41, 5.74) is 5.96. The van der Waals surface area contributed by atoms with Gasteiger partial charge in [-0.1, -0.05) is 12.1 Å². The van der Waals surface area contributed by atoms with Gasteiger partial charge in [0.1, 0.15) is 5.56 Å². The van der Waals surface area contributed by atoms with Crippen LogP contribution in [-0.4, -0.2) is 23.0 Å². The topological polar surface area (TPSA) is 115 Å². The van der Waals surface area contributed by atoms with Gasteiger partial charge in [0.15, 0.2) is 0 Å². The van der Waals surface area contributed by atoms with Gasteiger partial charge in [0.25, 0.3) is 17.5 Å². The molecule has 2 aromatic rings. The lowest BCUT2D eigenvalue weighted by Crippen LogP contribution is -2.20. The second-order valence-corrected chi connectivity index (χ2v) is 5.84. The number of hydrogen-bond donors (Lipinski definition) is 2. The van der Waals surface area contributed by atoms with Crippen LogP contribution >= 0.6 is 11.8 Å². The van der Waals surface area contributed by atoms with E-state index in [9.17, 15) is 19.7 Å². The Morgan fingerprint density at radius 1 is 1.25 bits per heavy atom. The van der Waals surface area contributed by atoms with Crippen molar-refractivity contribution in [2.24, 2.45) is 5.73 Å². The Kier molecular flexibility index (Phi) is 5.20. The summed E-state index contributed by atoms with van der Waals surface area (Å²) in [4.78, 5) is 35.4. The van der Waals surface area contributed by atoms with Crippen LogP contribution in [0.5, 0.6) is 0 Å². The Morgan fingerprint density at radius 2 is 1.96 bits per heavy atom. The molecule has 0 bridgehead atoms. The van der Waals surface area contributed by atoms with Gasteiger partial charge in [-0.25, -0.2) is 0 Å². The first kappa shape index (κ1) is 17.5. The minimum atomic E-state index is -0.684. The first-order valence-corrected chi connectivity index (χ1v) is 8.10. The van der Waals surface area contributed by atoms with E-state index in [1.807, 2.05) is 0 Å². The van der Waals surface area contributed by atoms with Crippen LogP contribution in [0, 0.1) is 17.0 Å². The van der Waals surface area contributed by atoms with E-state index in [0.717, 1.165) is 0 Å². The van der Waals surface area contributed by atoms with Gasteiger partial charge in [-0.15, -0.1) is 11.8 Å². The molecule has 0 aliphatic carbocycles. The number of nitro benzene ring substituents is 1. The van der Waals surface area contributed by atoms with E-state index in [0.29, 0.717) is 10.5 Å². The minimum absolute atomic E-state index is 0.0798. The number of nitrogens with zero attached hydrogens (tertiary/aromatic N) is 1. The number of carbonyl (C=O) groups excluding carboxylic acids is 2. The summed E-state index contributed by atoms with van der Waals surface area (Å²) in [6.45, 7) is 1.69. The van der Waals surface area contributed by atoms with E-state index in [2.05, 4.69) is 5.32 Å². The highest BCUT2D eigenvalue weighted by atomic mass is 32.2. The van der Waals surface area contributed by atoms with Gasteiger partial charge in [0.2, 0.25) is 0 Å². The maximum absolute atomic E-state index is 12.5. The first-order chi connectivity index (χ1) is 11.3. The van der Waals surface area contributed by atoms with Gasteiger partial charge >= 0.3 is 0 Å². The second-order valence-electron chi connectivity index (χ2n) is 4.96. The Morgan fingerprint density at radius 3 is 2.54 bits per heavy atom. The van der Waals surface area contributed by atoms with Crippen molar-refractivity contribution >= 4 is 35.0 Å². The molecule has 0 radical (unpaired) electrons. The molecular weight excluding hydrogens is 330 g/mol. The molecule has 124 valence electrons. The van der Waals surface area contributed by atoms with Crippen LogP contribution in [-0.2, 0) is 0 Å². The molecule has 0 fully saturated rings. The van der Waals surface area contributed by atoms with E-state index in [1.165, 1.54) is 30.0 Å². The first-order valence-electron chi connectivity index (χ1n) is 6.88. The normalized spacial score (nSPS) is 10.2. The summed E-state index contributed by atoms with van der Waals surface area (Å²) >= 11 is 1.36. The lowest BCUT2D eigenvalue weighted by atomic mass is 10.1. The lowest BCUT2D eigenvalue weighted by Gasteiger charge is -2.11. The molecule has 0 spiro atoms. The maximum Gasteiger partial charge on any atom is 0.282 e. The van der Waals surface area contributed by atoms with Crippen LogP contribution in [0.4, 0.5) is 11.4 Å². The fourth-order valence-electron chi connectivity index (χ4n) is 2.27. The number of benzene rings is 2. The number of rotatable bonds is 5. The zero-order valence-corrected chi connectivity index (χ0v) is 13.8. The highest BCUT2D eigenvalue weighted by Crippen LogP contribution is 2.27. The molecule has 0 heterocycles. The Hall–Kier alpha value is -2.87. The van der Waals surface area contributed by atoms with Crippen LogP contribution in [0.1, 0.15) is 26.3 Å². The van der Waals surface area contributed by atoms with Crippen LogP contribution in [0.15, 0.2) is 41.3 Å². The Labute approximate surface area is 142 Å². The Bertz CT molecular complexity index is 836. The van der Waals surface area contributed by atoms with Gasteiger partial charge < -0.3 is 11.1 Å². The quantitative estimate of drug-likeness (QED) is 0.491. The van der Waals surface area contributed by atoms with Crippen LogP contribution in [0.3, 0.4) is 0 Å². The van der Waals surface area contributed by atoms with E-state index in [1.54, 1.807) is 31.4 Å². The predicted octanol–water partition coefficient (Wildman–Crippen LogP) is 2.98. The summed E-state index contributed by atoms with van der Waals surface area (Å²) in [6, 6.07) is 9.16. The third kappa shape index (κ3) is 3.54. The standard InChI is InChI=1S/C16H15N3O4S/c1-9-4-3-5-12(14(9)15(17)20)18-16(21)11-8-10(24-2)6-7-13(11)19(22)23/h3-8H,1-2H3,(H2,17,20)(H,18,21). The number of anilines is 1. The SMILES string of the molecule is CSc1ccc([N+](=O)[O-])c(C(=O)Nc2cccc(C)c2C(N)=O)c1. The number of amides is 2. The minimum Gasteiger partial charge on any atom is -0.366 e. The summed E-state index contributed by atoms with van der Waals surface area (Å²) in [6.07, 6.45) is 1.80. The molecule has 24 heavy (non-hydrogen) atoms. The van der Waals surface area contributed by atoms with E-state index in [4.69, 9.17) is 5.73 Å². The van der Waals surface area contributed by atoms with Crippen molar-refractivity contribution in [3.8, 4) is 0 Å². The molecular formula is C16H15N3O4S. The van der Waals surface area contributed by atoms with Crippen molar-refractivity contribution in [1.29, 1.82) is 0 Å². The summed E-state index contributed by atoms with van der Waals surface area (Å²) in [5, 5.41) is 13.7. The number of carbonyl (C=O) groups is 2. The predicted molar refractivity (Wildman–Crippen MR) is 92.5 cm³/mol. The average Bonchev–Trinajstić information content (AvgIpc) is 2.53. The highest BCUT2D eigenvalue weighted by Gasteiger charge is 2.22. The fourth-order valence-corrected chi connectivity index (χ4v) is 2.71. The van der Waals surface area contributed by atoms with Crippen molar-refractivity contribution in [1.82, 2.24) is 0 Å². The van der Waals surface area contributed by atoms with Crippen LogP contribution in [0.25, 0.3) is 0 Å². The number of hydrogen-bond acceptors (Lipinski definition) is 5. The zero-order chi connectivity index (χ0) is 17.9. The Balaban J connectivity index is 2.46. The molecule has 0 aliphatic heterocycles. The third-order valence-corrected chi connectivity index (χ3v) is 4.14. The smallest absolute Gasteiger partial charge is 0.282 e. The lowest BCUT2D eigenvalue weighted by molar-refractivity contribution is -0.385. The zero-order valence-electron chi connectivity index (χ0n) is 13.0. The molecule has 8 heteroatoms. The van der Waals surface area contributed by atoms with Crippen molar-refractivity contribution in [3.63, 3.8) is 0 Å². The molecule has 0 saturated carbocycles. The molecule has 2 rings (SSSR count). The average molecular weight is 345 g/mol. The van der Waals surface area contributed by atoms with Crippen LogP contribution in [0.2, 0.25) is 0 Å². The van der Waals surface area contributed by atoms with Crippen molar-refractivity contribution in [2.45, 2.75) is 11.8 Å². The summed E-state index contributed by atoms with van der Waals surface area (Å²) in [7, 11) is 0. The number of aryl methyl sites for hydroxylation is 1. The monoisotopic (exact) mass is 345 g/mol. The molecule has 2 aromatic carbocycles. The second kappa shape index (κ2) is 7.14. The van der Waals surface area contributed by atoms with Crippen molar-refractivity contribution in [3.05, 3.63) is 63.2 Å². The largest absolute Gasteiger partial charge is 0.366 e. The summed E-state index contributed by atoms with van der Waals surface area (Å²) < 4.78 is 0. The number of nitro groups is 1. The van der Waals surface area contributed by atoms with Gasteiger partial charge in [-0.05, 0) is 36.9 Å². The van der Waals surface area contributed by atoms with E-state index >= 15 is 0 Å². The molecule has 7 nitrogen and oxygen atoms in total. The molecule has 2 amide bonds. The number of nitrogens with one attached hydrogen (secondary N) is 1. The number of nitrogens with two attached hydrogens (primary N) is 1.